The summed E-state index contributed by atoms with van der Waals surface area (Å²) in [5.41, 5.74) is 17.7. The summed E-state index contributed by atoms with van der Waals surface area (Å²) in [6.45, 7) is 0. The highest BCUT2D eigenvalue weighted by molar-refractivity contribution is 7.26. The summed E-state index contributed by atoms with van der Waals surface area (Å²) in [4.78, 5) is 2.44. The van der Waals surface area contributed by atoms with Gasteiger partial charge in [0.05, 0.1) is 5.41 Å². The van der Waals surface area contributed by atoms with Crippen LogP contribution < -0.4 is 4.90 Å². The van der Waals surface area contributed by atoms with Crippen LogP contribution in [0.2, 0.25) is 0 Å². The van der Waals surface area contributed by atoms with E-state index in [1.807, 2.05) is 11.3 Å². The van der Waals surface area contributed by atoms with Crippen LogP contribution in [-0.4, -0.2) is 0 Å². The molecule has 12 aromatic rings. The van der Waals surface area contributed by atoms with E-state index in [9.17, 15) is 0 Å². The average Bonchev–Trinajstić information content (AvgIpc) is 3.94. The minimum atomic E-state index is -0.518. The van der Waals surface area contributed by atoms with Gasteiger partial charge in [-0.1, -0.05) is 218 Å². The molecule has 1 aromatic heterocycles. The lowest BCUT2D eigenvalue weighted by Gasteiger charge is -2.35. The van der Waals surface area contributed by atoms with Crippen molar-refractivity contribution >= 4 is 59.3 Å². The maximum absolute atomic E-state index is 2.46. The van der Waals surface area contributed by atoms with E-state index in [0.29, 0.717) is 0 Å². The van der Waals surface area contributed by atoms with Crippen LogP contribution in [0.25, 0.3) is 75.5 Å². The van der Waals surface area contributed by atoms with Gasteiger partial charge in [0, 0.05) is 42.6 Å². The van der Waals surface area contributed by atoms with E-state index in [1.54, 1.807) is 0 Å². The predicted octanol–water partition coefficient (Wildman–Crippen LogP) is 18.0. The predicted molar refractivity (Wildman–Crippen MR) is 285 cm³/mol. The van der Waals surface area contributed by atoms with Gasteiger partial charge in [0.15, 0.2) is 0 Å². The van der Waals surface area contributed by atoms with E-state index in [1.165, 1.54) is 97.7 Å². The van der Waals surface area contributed by atoms with Crippen molar-refractivity contribution in [2.24, 2.45) is 0 Å². The van der Waals surface area contributed by atoms with Crippen LogP contribution in [0.3, 0.4) is 0 Å². The van der Waals surface area contributed by atoms with Gasteiger partial charge in [-0.15, -0.1) is 11.3 Å². The average molecular weight is 870 g/mol. The van der Waals surface area contributed by atoms with Crippen molar-refractivity contribution < 1.29 is 0 Å². The second-order valence-corrected chi connectivity index (χ2v) is 18.6. The van der Waals surface area contributed by atoms with Gasteiger partial charge in [-0.2, -0.15) is 0 Å². The van der Waals surface area contributed by atoms with Crippen molar-refractivity contribution in [1.29, 1.82) is 0 Å². The highest BCUT2D eigenvalue weighted by Crippen LogP contribution is 2.57. The largest absolute Gasteiger partial charge is 0.310 e. The maximum Gasteiger partial charge on any atom is 0.0714 e. The van der Waals surface area contributed by atoms with E-state index in [0.717, 1.165) is 17.1 Å². The van der Waals surface area contributed by atoms with Gasteiger partial charge in [-0.3, -0.25) is 0 Å². The molecule has 11 aromatic carbocycles. The minimum absolute atomic E-state index is 0.518. The first-order valence-corrected chi connectivity index (χ1v) is 23.9. The molecule has 0 N–H and O–H groups in total. The fourth-order valence-corrected chi connectivity index (χ4v) is 12.3. The smallest absolute Gasteiger partial charge is 0.0714 e. The second kappa shape index (κ2) is 16.0. The summed E-state index contributed by atoms with van der Waals surface area (Å²) >= 11 is 1.90. The van der Waals surface area contributed by atoms with Crippen LogP contribution in [-0.2, 0) is 5.41 Å². The Morgan fingerprint density at radius 2 is 0.776 bits per heavy atom. The molecule has 67 heavy (non-hydrogen) atoms. The highest BCUT2D eigenvalue weighted by Gasteiger charge is 2.46. The molecule has 0 saturated carbocycles. The van der Waals surface area contributed by atoms with Crippen molar-refractivity contribution in [2.45, 2.75) is 5.41 Å². The van der Waals surface area contributed by atoms with Gasteiger partial charge in [-0.25, -0.2) is 0 Å². The fourth-order valence-electron chi connectivity index (χ4n) is 11.1. The standard InChI is InChI=1S/C65H43NS/c1-5-19-44(20-6-1)45-33-37-50(38-34-45)66(52-41-42-54-53-27-15-17-31-58(53)65(59(54)43-52,48-23-9-3-10-24-48)49-25-11-4-12-26-49)51-39-35-47(36-40-51)62-61(46-21-7-2-8-22-46)55-28-13-14-29-56(55)64-63(62)57-30-16-18-32-60(57)67-64/h1-43H. The molecule has 0 fully saturated rings. The number of fused-ring (bicyclic) bond motifs is 8. The van der Waals surface area contributed by atoms with Crippen LogP contribution in [0.5, 0.6) is 0 Å². The highest BCUT2D eigenvalue weighted by atomic mass is 32.1. The molecule has 0 unspecified atom stereocenters. The first-order chi connectivity index (χ1) is 33.3. The molecule has 1 aliphatic carbocycles. The van der Waals surface area contributed by atoms with Crippen LogP contribution in [0.1, 0.15) is 22.3 Å². The fraction of sp³-hybridized carbons (Fsp3) is 0.0154. The van der Waals surface area contributed by atoms with E-state index >= 15 is 0 Å². The minimum Gasteiger partial charge on any atom is -0.310 e. The molecule has 0 radical (unpaired) electrons. The van der Waals surface area contributed by atoms with Gasteiger partial charge in [0.25, 0.3) is 0 Å². The number of nitrogens with zero attached hydrogens (tertiary/aromatic N) is 1. The summed E-state index contributed by atoms with van der Waals surface area (Å²) in [6, 6.07) is 96.2. The lowest BCUT2D eigenvalue weighted by molar-refractivity contribution is 0.768. The lowest BCUT2D eigenvalue weighted by atomic mass is 9.67. The number of thiophene rings is 1. The van der Waals surface area contributed by atoms with E-state index in [-0.39, 0.29) is 0 Å². The van der Waals surface area contributed by atoms with Gasteiger partial charge in [-0.05, 0) is 115 Å². The summed E-state index contributed by atoms with van der Waals surface area (Å²) < 4.78 is 2.63. The van der Waals surface area contributed by atoms with Crippen LogP contribution in [0, 0.1) is 0 Å². The van der Waals surface area contributed by atoms with E-state index < -0.39 is 5.41 Å². The molecule has 1 heterocycles. The molecule has 2 heteroatoms. The normalized spacial score (nSPS) is 12.6. The Hall–Kier alpha value is -8.30. The number of anilines is 3. The topological polar surface area (TPSA) is 3.24 Å². The number of benzene rings is 11. The monoisotopic (exact) mass is 869 g/mol. The van der Waals surface area contributed by atoms with E-state index in [4.69, 9.17) is 0 Å². The summed E-state index contributed by atoms with van der Waals surface area (Å²) in [5, 5.41) is 5.18. The molecule has 1 nitrogen and oxygen atoms in total. The van der Waals surface area contributed by atoms with Gasteiger partial charge in [0.1, 0.15) is 0 Å². The van der Waals surface area contributed by atoms with Gasteiger partial charge >= 0.3 is 0 Å². The molecule has 1 aliphatic rings. The molecule has 0 saturated heterocycles. The van der Waals surface area contributed by atoms with Crippen molar-refractivity contribution in [3.05, 3.63) is 283 Å². The van der Waals surface area contributed by atoms with Crippen LogP contribution >= 0.6 is 11.3 Å². The zero-order valence-electron chi connectivity index (χ0n) is 36.7. The zero-order valence-corrected chi connectivity index (χ0v) is 37.5. The Bertz CT molecular complexity index is 3720. The Morgan fingerprint density at radius 3 is 1.43 bits per heavy atom. The van der Waals surface area contributed by atoms with Crippen molar-refractivity contribution in [3.63, 3.8) is 0 Å². The van der Waals surface area contributed by atoms with Crippen LogP contribution in [0.15, 0.2) is 261 Å². The number of hydrogen-bond donors (Lipinski definition) is 0. The molecule has 13 rings (SSSR count). The molecule has 314 valence electrons. The first-order valence-electron chi connectivity index (χ1n) is 23.1. The first kappa shape index (κ1) is 39.1. The number of hydrogen-bond acceptors (Lipinski definition) is 2. The summed E-state index contributed by atoms with van der Waals surface area (Å²) in [7, 11) is 0. The van der Waals surface area contributed by atoms with Gasteiger partial charge in [0.2, 0.25) is 0 Å². The Morgan fingerprint density at radius 1 is 0.313 bits per heavy atom. The SMILES string of the molecule is c1ccc(-c2ccc(N(c3ccc(-c4c(-c5ccccc5)c5ccccc5c5sc6ccccc6c45)cc3)c3ccc4c(c3)C(c3ccccc3)(c3ccccc3)c3ccccc3-4)cc2)cc1. The Balaban J connectivity index is 1.04. The Kier molecular flexibility index (Phi) is 9.33. The molecule has 0 aliphatic heterocycles. The third-order valence-electron chi connectivity index (χ3n) is 13.9. The third kappa shape index (κ3) is 6.22. The van der Waals surface area contributed by atoms with Crippen molar-refractivity contribution in [2.75, 3.05) is 4.90 Å². The molecular formula is C65H43NS. The summed E-state index contributed by atoms with van der Waals surface area (Å²) in [5.74, 6) is 0. The zero-order chi connectivity index (χ0) is 44.3. The van der Waals surface area contributed by atoms with Crippen molar-refractivity contribution in [3.8, 4) is 44.5 Å². The van der Waals surface area contributed by atoms with Crippen LogP contribution in [0.4, 0.5) is 17.1 Å². The molecule has 0 amide bonds. The second-order valence-electron chi connectivity index (χ2n) is 17.5. The maximum atomic E-state index is 2.46. The lowest BCUT2D eigenvalue weighted by Crippen LogP contribution is -2.28. The van der Waals surface area contributed by atoms with Gasteiger partial charge < -0.3 is 4.90 Å². The third-order valence-corrected chi connectivity index (χ3v) is 15.2. The summed E-state index contributed by atoms with van der Waals surface area (Å²) in [6.07, 6.45) is 0. The molecule has 0 spiro atoms. The molecule has 0 atom stereocenters. The Labute approximate surface area is 395 Å². The molecule has 0 bridgehead atoms. The van der Waals surface area contributed by atoms with E-state index in [2.05, 4.69) is 266 Å². The van der Waals surface area contributed by atoms with Crippen molar-refractivity contribution in [1.82, 2.24) is 0 Å². The quantitative estimate of drug-likeness (QED) is 0.147. The molecular weight excluding hydrogens is 827 g/mol. The number of rotatable bonds is 8.